The van der Waals surface area contributed by atoms with Gasteiger partial charge in [0.1, 0.15) is 11.4 Å². The number of aromatic nitrogens is 2. The summed E-state index contributed by atoms with van der Waals surface area (Å²) in [5.41, 5.74) is 8.17. The van der Waals surface area contributed by atoms with Gasteiger partial charge in [0.05, 0.1) is 35.8 Å². The number of hydrogen-bond donors (Lipinski definition) is 2. The van der Waals surface area contributed by atoms with E-state index in [4.69, 9.17) is 14.5 Å². The molecule has 202 valence electrons. The number of amides is 1. The van der Waals surface area contributed by atoms with Crippen molar-refractivity contribution in [3.63, 3.8) is 0 Å². The van der Waals surface area contributed by atoms with E-state index in [0.29, 0.717) is 31.6 Å². The van der Waals surface area contributed by atoms with Crippen molar-refractivity contribution in [1.29, 1.82) is 0 Å². The number of hydrazine groups is 1. The van der Waals surface area contributed by atoms with Gasteiger partial charge < -0.3 is 24.7 Å². The Hall–Kier alpha value is -3.37. The number of fused-ring (bicyclic) bond motifs is 1. The summed E-state index contributed by atoms with van der Waals surface area (Å²) >= 11 is 1.69. The molecule has 0 atom stereocenters. The van der Waals surface area contributed by atoms with Crippen LogP contribution in [0.4, 0.5) is 10.7 Å². The van der Waals surface area contributed by atoms with Crippen LogP contribution in [0.2, 0.25) is 0 Å². The number of aryl methyl sites for hydroxylation is 2. The third-order valence-corrected chi connectivity index (χ3v) is 7.79. The minimum atomic E-state index is -0.479. The standard InChI is InChI=1S/C28H36N6O3S/c1-17-7-8-21(22(13-17)36-6)24-18(2)38-23-15-29-26(32-25(23)24)31-19-14-30-34(16-19)20-9-11-33(12-10-20)27(35)37-28(3,4)5/h7-8,13,15-16,20,30H,9-12,14H2,1-6H3,(H,29,31,32). The van der Waals surface area contributed by atoms with Gasteiger partial charge in [-0.15, -0.1) is 11.3 Å². The molecule has 38 heavy (non-hydrogen) atoms. The summed E-state index contributed by atoms with van der Waals surface area (Å²) in [7, 11) is 1.71. The highest BCUT2D eigenvalue weighted by molar-refractivity contribution is 7.19. The zero-order valence-corrected chi connectivity index (χ0v) is 23.7. The Labute approximate surface area is 227 Å². The third kappa shape index (κ3) is 5.56. The third-order valence-electron chi connectivity index (χ3n) is 6.76. The topological polar surface area (TPSA) is 91.9 Å². The second-order valence-electron chi connectivity index (χ2n) is 10.9. The molecule has 5 rings (SSSR count). The number of nitrogens with zero attached hydrogens (tertiary/aromatic N) is 4. The van der Waals surface area contributed by atoms with Crippen LogP contribution in [-0.2, 0) is 4.74 Å². The van der Waals surface area contributed by atoms with E-state index in [1.54, 1.807) is 23.3 Å². The van der Waals surface area contributed by atoms with Gasteiger partial charge in [-0.1, -0.05) is 12.1 Å². The second kappa shape index (κ2) is 10.4. The van der Waals surface area contributed by atoms with Gasteiger partial charge in [-0.3, -0.25) is 0 Å². The van der Waals surface area contributed by atoms with E-state index >= 15 is 0 Å². The summed E-state index contributed by atoms with van der Waals surface area (Å²) in [6.45, 7) is 11.9. The van der Waals surface area contributed by atoms with E-state index in [1.807, 2.05) is 27.0 Å². The molecular formula is C28H36N6O3S. The number of methoxy groups -OCH3 is 1. The summed E-state index contributed by atoms with van der Waals surface area (Å²) < 4.78 is 12.3. The van der Waals surface area contributed by atoms with Crippen molar-refractivity contribution in [2.45, 2.75) is 59.1 Å². The van der Waals surface area contributed by atoms with Gasteiger partial charge in [-0.25, -0.2) is 20.2 Å². The zero-order chi connectivity index (χ0) is 27.0. The molecule has 2 aliphatic rings. The first kappa shape index (κ1) is 26.2. The lowest BCUT2D eigenvalue weighted by Gasteiger charge is -2.37. The predicted molar refractivity (Wildman–Crippen MR) is 151 cm³/mol. The Kier molecular flexibility index (Phi) is 7.19. The SMILES string of the molecule is COc1cc(C)ccc1-c1c(C)sc2cnc(NC3=CN(C4CCN(C(=O)OC(C)(C)C)CC4)NC3)nc12. The Bertz CT molecular complexity index is 1370. The highest BCUT2D eigenvalue weighted by atomic mass is 32.1. The lowest BCUT2D eigenvalue weighted by molar-refractivity contribution is 0.0151. The molecule has 10 heteroatoms. The summed E-state index contributed by atoms with van der Waals surface area (Å²) in [4.78, 5) is 24.9. The number of thiophene rings is 1. The van der Waals surface area contributed by atoms with Crippen molar-refractivity contribution in [2.24, 2.45) is 0 Å². The van der Waals surface area contributed by atoms with E-state index in [0.717, 1.165) is 51.2 Å². The minimum absolute atomic E-state index is 0.234. The number of ether oxygens (including phenoxy) is 2. The summed E-state index contributed by atoms with van der Waals surface area (Å²) in [6.07, 6.45) is 5.48. The number of benzene rings is 1. The van der Waals surface area contributed by atoms with Crippen LogP contribution < -0.4 is 15.5 Å². The zero-order valence-electron chi connectivity index (χ0n) is 22.9. The van der Waals surface area contributed by atoms with Gasteiger partial charge in [-0.05, 0) is 59.1 Å². The average Bonchev–Trinajstić information content (AvgIpc) is 3.46. The molecule has 0 radical (unpaired) electrons. The molecule has 0 unspecified atom stereocenters. The molecule has 0 spiro atoms. The fourth-order valence-electron chi connectivity index (χ4n) is 4.93. The van der Waals surface area contributed by atoms with E-state index in [1.165, 1.54) is 4.88 Å². The van der Waals surface area contributed by atoms with Gasteiger partial charge >= 0.3 is 6.09 Å². The van der Waals surface area contributed by atoms with Crippen molar-refractivity contribution >= 4 is 33.6 Å². The number of anilines is 1. The maximum Gasteiger partial charge on any atom is 0.410 e. The van der Waals surface area contributed by atoms with Gasteiger partial charge in [0.25, 0.3) is 0 Å². The molecule has 4 heterocycles. The van der Waals surface area contributed by atoms with Crippen molar-refractivity contribution < 1.29 is 14.3 Å². The van der Waals surface area contributed by atoms with Crippen molar-refractivity contribution in [3.8, 4) is 16.9 Å². The molecule has 2 aromatic heterocycles. The number of hydrogen-bond acceptors (Lipinski definition) is 9. The number of carbonyl (C=O) groups is 1. The molecule has 3 aromatic rings. The number of rotatable bonds is 5. The first-order valence-electron chi connectivity index (χ1n) is 13.0. The number of nitrogens with one attached hydrogen (secondary N) is 2. The van der Waals surface area contributed by atoms with Crippen LogP contribution in [-0.4, -0.2) is 64.4 Å². The maximum absolute atomic E-state index is 12.4. The number of carbonyl (C=O) groups excluding carboxylic acids is 1. The van der Waals surface area contributed by atoms with Crippen molar-refractivity contribution in [1.82, 2.24) is 25.3 Å². The van der Waals surface area contributed by atoms with Crippen LogP contribution in [0.5, 0.6) is 5.75 Å². The largest absolute Gasteiger partial charge is 0.496 e. The normalized spacial score (nSPS) is 16.6. The Morgan fingerprint density at radius 2 is 1.97 bits per heavy atom. The Morgan fingerprint density at radius 3 is 2.68 bits per heavy atom. The predicted octanol–water partition coefficient (Wildman–Crippen LogP) is 5.46. The lowest BCUT2D eigenvalue weighted by Crippen LogP contribution is -2.48. The van der Waals surface area contributed by atoms with E-state index in [9.17, 15) is 4.79 Å². The molecule has 1 fully saturated rings. The first-order valence-corrected chi connectivity index (χ1v) is 13.8. The van der Waals surface area contributed by atoms with E-state index < -0.39 is 5.60 Å². The molecule has 1 aromatic carbocycles. The fourth-order valence-corrected chi connectivity index (χ4v) is 5.92. The number of likely N-dealkylation sites (tertiary alicyclic amines) is 1. The van der Waals surface area contributed by atoms with Crippen LogP contribution in [0.1, 0.15) is 44.1 Å². The fraction of sp³-hybridized carbons (Fsp3) is 0.464. The van der Waals surface area contributed by atoms with Gasteiger partial charge in [-0.2, -0.15) is 0 Å². The van der Waals surface area contributed by atoms with Crippen LogP contribution in [0.3, 0.4) is 0 Å². The van der Waals surface area contributed by atoms with E-state index in [2.05, 4.69) is 59.0 Å². The monoisotopic (exact) mass is 536 g/mol. The average molecular weight is 537 g/mol. The highest BCUT2D eigenvalue weighted by Crippen LogP contribution is 2.41. The number of piperidine rings is 1. The van der Waals surface area contributed by atoms with Crippen LogP contribution in [0, 0.1) is 13.8 Å². The van der Waals surface area contributed by atoms with Crippen molar-refractivity contribution in [3.05, 3.63) is 46.7 Å². The molecule has 1 amide bonds. The molecule has 0 bridgehead atoms. The smallest absolute Gasteiger partial charge is 0.410 e. The van der Waals surface area contributed by atoms with Crippen LogP contribution in [0.25, 0.3) is 21.3 Å². The maximum atomic E-state index is 12.4. The Balaban J connectivity index is 1.28. The molecule has 0 saturated carbocycles. The van der Waals surface area contributed by atoms with E-state index in [-0.39, 0.29) is 6.09 Å². The molecule has 2 aliphatic heterocycles. The first-order chi connectivity index (χ1) is 18.1. The molecule has 1 saturated heterocycles. The van der Waals surface area contributed by atoms with Crippen LogP contribution >= 0.6 is 11.3 Å². The minimum Gasteiger partial charge on any atom is -0.496 e. The van der Waals surface area contributed by atoms with Crippen LogP contribution in [0.15, 0.2) is 36.3 Å². The summed E-state index contributed by atoms with van der Waals surface area (Å²) in [5, 5.41) is 5.55. The summed E-state index contributed by atoms with van der Waals surface area (Å²) in [5.74, 6) is 1.41. The van der Waals surface area contributed by atoms with Crippen molar-refractivity contribution in [2.75, 3.05) is 32.1 Å². The lowest BCUT2D eigenvalue weighted by atomic mass is 10.0. The summed E-state index contributed by atoms with van der Waals surface area (Å²) in [6, 6.07) is 6.56. The molecule has 2 N–H and O–H groups in total. The van der Waals surface area contributed by atoms with Gasteiger partial charge in [0.2, 0.25) is 5.95 Å². The Morgan fingerprint density at radius 1 is 1.21 bits per heavy atom. The second-order valence-corrected chi connectivity index (χ2v) is 12.1. The highest BCUT2D eigenvalue weighted by Gasteiger charge is 2.30. The molecule has 0 aliphatic carbocycles. The van der Waals surface area contributed by atoms with Gasteiger partial charge in [0.15, 0.2) is 0 Å². The molecular weight excluding hydrogens is 500 g/mol. The molecule has 9 nitrogen and oxygen atoms in total. The van der Waals surface area contributed by atoms with Gasteiger partial charge in [0, 0.05) is 41.3 Å². The quantitative estimate of drug-likeness (QED) is 0.444.